The van der Waals surface area contributed by atoms with E-state index in [9.17, 15) is 9.59 Å². The Morgan fingerprint density at radius 2 is 2.10 bits per heavy atom. The first-order valence-electron chi connectivity index (χ1n) is 6.65. The highest BCUT2D eigenvalue weighted by Gasteiger charge is 2.29. The number of benzene rings is 1. The number of likely N-dealkylation sites (tertiary alicyclic amines) is 1. The van der Waals surface area contributed by atoms with E-state index < -0.39 is 11.9 Å². The average molecular weight is 289 g/mol. The van der Waals surface area contributed by atoms with Crippen LogP contribution in [-0.4, -0.2) is 35.0 Å². The van der Waals surface area contributed by atoms with Crippen molar-refractivity contribution in [2.45, 2.75) is 12.8 Å². The lowest BCUT2D eigenvalue weighted by Crippen LogP contribution is -2.42. The number of carboxylic acids is 1. The Hall–Kier alpha value is -1.88. The maximum absolute atomic E-state index is 12.6. The molecule has 1 atom stereocenters. The van der Waals surface area contributed by atoms with Crippen LogP contribution < -0.4 is 0 Å². The Labute approximate surface area is 120 Å². The Kier molecular flexibility index (Phi) is 3.44. The van der Waals surface area contributed by atoms with E-state index in [4.69, 9.17) is 5.11 Å². The van der Waals surface area contributed by atoms with Gasteiger partial charge in [0, 0.05) is 28.6 Å². The van der Waals surface area contributed by atoms with Gasteiger partial charge in [0.15, 0.2) is 0 Å². The van der Waals surface area contributed by atoms with Crippen molar-refractivity contribution < 1.29 is 14.7 Å². The largest absolute Gasteiger partial charge is 0.481 e. The highest BCUT2D eigenvalue weighted by atomic mass is 32.1. The number of piperidine rings is 1. The van der Waals surface area contributed by atoms with Crippen molar-refractivity contribution in [3.8, 4) is 0 Å². The molecule has 4 nitrogen and oxygen atoms in total. The molecule has 0 spiro atoms. The summed E-state index contributed by atoms with van der Waals surface area (Å²) in [6, 6.07) is 7.81. The normalized spacial score (nSPS) is 19.2. The van der Waals surface area contributed by atoms with Crippen LogP contribution >= 0.6 is 11.3 Å². The molecule has 2 heterocycles. The molecule has 104 valence electrons. The number of carbonyl (C=O) groups excluding carboxylic acids is 1. The lowest BCUT2D eigenvalue weighted by molar-refractivity contribution is -0.143. The lowest BCUT2D eigenvalue weighted by atomic mass is 9.97. The van der Waals surface area contributed by atoms with Gasteiger partial charge in [-0.05, 0) is 18.9 Å². The lowest BCUT2D eigenvalue weighted by Gasteiger charge is -2.30. The van der Waals surface area contributed by atoms with Crippen molar-refractivity contribution in [2.75, 3.05) is 13.1 Å². The highest BCUT2D eigenvalue weighted by molar-refractivity contribution is 7.17. The number of hydrogen-bond donors (Lipinski definition) is 1. The fourth-order valence-corrected chi connectivity index (χ4v) is 3.61. The molecule has 1 aliphatic rings. The van der Waals surface area contributed by atoms with E-state index in [2.05, 4.69) is 0 Å². The molecule has 0 bridgehead atoms. The average Bonchev–Trinajstić information content (AvgIpc) is 2.90. The van der Waals surface area contributed by atoms with Crippen molar-refractivity contribution in [2.24, 2.45) is 5.92 Å². The number of fused-ring (bicyclic) bond motifs is 1. The van der Waals surface area contributed by atoms with Gasteiger partial charge in [0.05, 0.1) is 11.5 Å². The molecule has 1 fully saturated rings. The molecular weight excluding hydrogens is 274 g/mol. The molecule has 1 saturated heterocycles. The summed E-state index contributed by atoms with van der Waals surface area (Å²) in [6.45, 7) is 0.963. The van der Waals surface area contributed by atoms with Crippen LogP contribution in [0, 0.1) is 5.92 Å². The first kappa shape index (κ1) is 13.1. The Balaban J connectivity index is 1.87. The van der Waals surface area contributed by atoms with Crippen molar-refractivity contribution in [3.63, 3.8) is 0 Å². The first-order valence-corrected chi connectivity index (χ1v) is 7.53. The Morgan fingerprint density at radius 1 is 1.30 bits per heavy atom. The van der Waals surface area contributed by atoms with Gasteiger partial charge in [-0.15, -0.1) is 11.3 Å². The molecule has 0 unspecified atom stereocenters. The van der Waals surface area contributed by atoms with Crippen molar-refractivity contribution in [1.82, 2.24) is 4.90 Å². The molecule has 1 aromatic heterocycles. The molecule has 20 heavy (non-hydrogen) atoms. The molecular formula is C15H15NO3S. The van der Waals surface area contributed by atoms with Crippen LogP contribution in [0.3, 0.4) is 0 Å². The third kappa shape index (κ3) is 2.29. The third-order valence-electron chi connectivity index (χ3n) is 3.77. The second-order valence-electron chi connectivity index (χ2n) is 5.07. The zero-order valence-corrected chi connectivity index (χ0v) is 11.7. The summed E-state index contributed by atoms with van der Waals surface area (Å²) in [5, 5.41) is 11.9. The van der Waals surface area contributed by atoms with Gasteiger partial charge in [-0.25, -0.2) is 0 Å². The summed E-state index contributed by atoms with van der Waals surface area (Å²) in [4.78, 5) is 25.3. The van der Waals surface area contributed by atoms with Crippen LogP contribution in [0.15, 0.2) is 29.6 Å². The Morgan fingerprint density at radius 3 is 2.90 bits per heavy atom. The van der Waals surface area contributed by atoms with E-state index in [1.165, 1.54) is 0 Å². The van der Waals surface area contributed by atoms with E-state index in [0.717, 1.165) is 16.5 Å². The van der Waals surface area contributed by atoms with Gasteiger partial charge >= 0.3 is 5.97 Å². The van der Waals surface area contributed by atoms with Crippen LogP contribution in [0.2, 0.25) is 0 Å². The zero-order chi connectivity index (χ0) is 14.1. The quantitative estimate of drug-likeness (QED) is 0.925. The fourth-order valence-electron chi connectivity index (χ4n) is 2.68. The number of carbonyl (C=O) groups is 2. The number of hydrogen-bond acceptors (Lipinski definition) is 3. The van der Waals surface area contributed by atoms with Crippen molar-refractivity contribution in [1.29, 1.82) is 0 Å². The predicted molar refractivity (Wildman–Crippen MR) is 78.1 cm³/mol. The van der Waals surface area contributed by atoms with E-state index in [-0.39, 0.29) is 5.91 Å². The highest BCUT2D eigenvalue weighted by Crippen LogP contribution is 2.28. The second kappa shape index (κ2) is 5.25. The smallest absolute Gasteiger partial charge is 0.308 e. The predicted octanol–water partition coefficient (Wildman–Crippen LogP) is 2.84. The molecule has 0 aliphatic carbocycles. The van der Waals surface area contributed by atoms with Gasteiger partial charge in [-0.2, -0.15) is 0 Å². The summed E-state index contributed by atoms with van der Waals surface area (Å²) < 4.78 is 1.09. The molecule has 2 aromatic rings. The SMILES string of the molecule is O=C(O)[C@H]1CCCN(C(=O)c2csc3ccccc23)C1. The number of thiophene rings is 1. The maximum Gasteiger partial charge on any atom is 0.308 e. The van der Waals surface area contributed by atoms with Crippen LogP contribution in [0.4, 0.5) is 0 Å². The molecule has 0 saturated carbocycles. The molecule has 1 amide bonds. The summed E-state index contributed by atoms with van der Waals surface area (Å²) >= 11 is 1.55. The number of rotatable bonds is 2. The minimum Gasteiger partial charge on any atom is -0.481 e. The third-order valence-corrected chi connectivity index (χ3v) is 4.73. The van der Waals surface area contributed by atoms with Crippen LogP contribution in [0.25, 0.3) is 10.1 Å². The number of amides is 1. The molecule has 5 heteroatoms. The number of nitrogens with zero attached hydrogens (tertiary/aromatic N) is 1. The molecule has 1 aliphatic heterocycles. The summed E-state index contributed by atoms with van der Waals surface area (Å²) in [5.41, 5.74) is 0.691. The second-order valence-corrected chi connectivity index (χ2v) is 5.99. The maximum atomic E-state index is 12.6. The monoisotopic (exact) mass is 289 g/mol. The zero-order valence-electron chi connectivity index (χ0n) is 10.9. The number of aliphatic carboxylic acids is 1. The van der Waals surface area contributed by atoms with Crippen molar-refractivity contribution in [3.05, 3.63) is 35.2 Å². The fraction of sp³-hybridized carbons (Fsp3) is 0.333. The van der Waals surface area contributed by atoms with E-state index in [1.807, 2.05) is 29.6 Å². The van der Waals surface area contributed by atoms with Crippen LogP contribution in [-0.2, 0) is 4.79 Å². The number of carboxylic acid groups (broad SMARTS) is 1. The topological polar surface area (TPSA) is 57.6 Å². The first-order chi connectivity index (χ1) is 9.66. The summed E-state index contributed by atoms with van der Waals surface area (Å²) in [5.74, 6) is -1.29. The van der Waals surface area contributed by atoms with Gasteiger partial charge < -0.3 is 10.0 Å². The van der Waals surface area contributed by atoms with E-state index in [1.54, 1.807) is 16.2 Å². The van der Waals surface area contributed by atoms with Gasteiger partial charge in [0.1, 0.15) is 0 Å². The summed E-state index contributed by atoms with van der Waals surface area (Å²) in [6.07, 6.45) is 1.41. The summed E-state index contributed by atoms with van der Waals surface area (Å²) in [7, 11) is 0. The van der Waals surface area contributed by atoms with Gasteiger partial charge in [-0.3, -0.25) is 9.59 Å². The molecule has 0 radical (unpaired) electrons. The van der Waals surface area contributed by atoms with Crippen LogP contribution in [0.1, 0.15) is 23.2 Å². The molecule has 1 N–H and O–H groups in total. The van der Waals surface area contributed by atoms with Gasteiger partial charge in [0.2, 0.25) is 0 Å². The molecule has 1 aromatic carbocycles. The standard InChI is InChI=1S/C15H15NO3S/c17-14(16-7-3-4-10(8-16)15(18)19)12-9-20-13-6-2-1-5-11(12)13/h1-2,5-6,9-10H,3-4,7-8H2,(H,18,19)/t10-/m0/s1. The van der Waals surface area contributed by atoms with Crippen molar-refractivity contribution >= 4 is 33.3 Å². The molecule has 3 rings (SSSR count). The van der Waals surface area contributed by atoms with E-state index in [0.29, 0.717) is 25.1 Å². The minimum atomic E-state index is -0.808. The van der Waals surface area contributed by atoms with Gasteiger partial charge in [-0.1, -0.05) is 18.2 Å². The Bertz CT molecular complexity index is 664. The minimum absolute atomic E-state index is 0.0478. The van der Waals surface area contributed by atoms with Gasteiger partial charge in [0.25, 0.3) is 5.91 Å². The van der Waals surface area contributed by atoms with Crippen LogP contribution in [0.5, 0.6) is 0 Å². The van der Waals surface area contributed by atoms with E-state index >= 15 is 0 Å².